The molecule has 0 amide bonds. The highest BCUT2D eigenvalue weighted by Gasteiger charge is 2.22. The Bertz CT molecular complexity index is 916. The van der Waals surface area contributed by atoms with Crippen molar-refractivity contribution in [3.63, 3.8) is 0 Å². The van der Waals surface area contributed by atoms with Crippen molar-refractivity contribution in [2.45, 2.75) is 6.42 Å². The third-order valence-electron chi connectivity index (χ3n) is 4.69. The molecule has 1 aromatic carbocycles. The number of sulfonamides is 1. The molecule has 28 heavy (non-hydrogen) atoms. The zero-order valence-electron chi connectivity index (χ0n) is 15.8. The number of anilines is 2. The van der Waals surface area contributed by atoms with E-state index < -0.39 is 10.0 Å². The van der Waals surface area contributed by atoms with Crippen LogP contribution in [0.5, 0.6) is 0 Å². The number of aromatic nitrogens is 2. The van der Waals surface area contributed by atoms with Crippen molar-refractivity contribution in [2.24, 2.45) is 0 Å². The van der Waals surface area contributed by atoms with Gasteiger partial charge in [0.25, 0.3) is 0 Å². The van der Waals surface area contributed by atoms with Crippen LogP contribution in [0.3, 0.4) is 0 Å². The Hall–Kier alpha value is -1.94. The summed E-state index contributed by atoms with van der Waals surface area (Å²) in [5, 5.41) is 3.98. The molecule has 0 bridgehead atoms. The number of rotatable bonds is 7. The third-order valence-corrected chi connectivity index (χ3v) is 6.23. The molecule has 8 nitrogen and oxygen atoms in total. The lowest BCUT2D eigenvalue weighted by atomic mass is 10.1. The van der Waals surface area contributed by atoms with Gasteiger partial charge in [-0.05, 0) is 30.7 Å². The molecule has 3 rings (SSSR count). The van der Waals surface area contributed by atoms with E-state index in [0.717, 1.165) is 43.7 Å². The largest absolute Gasteiger partial charge is 0.369 e. The summed E-state index contributed by atoms with van der Waals surface area (Å²) in [4.78, 5) is 10.7. The molecule has 10 heteroatoms. The van der Waals surface area contributed by atoms with E-state index in [4.69, 9.17) is 17.3 Å². The molecule has 0 radical (unpaired) electrons. The highest BCUT2D eigenvalue weighted by molar-refractivity contribution is 7.88. The lowest BCUT2D eigenvalue weighted by molar-refractivity contribution is 0.188. The molecule has 3 N–H and O–H groups in total. The van der Waals surface area contributed by atoms with Crippen LogP contribution in [-0.2, 0) is 10.0 Å². The second kappa shape index (κ2) is 9.04. The number of nitrogens with one attached hydrogen (secondary N) is 1. The molecular weight excluding hydrogens is 400 g/mol. The highest BCUT2D eigenvalue weighted by atomic mass is 35.5. The summed E-state index contributed by atoms with van der Waals surface area (Å²) >= 11 is 6.10. The van der Waals surface area contributed by atoms with Crippen LogP contribution in [0.4, 0.5) is 11.8 Å². The minimum Gasteiger partial charge on any atom is -0.369 e. The molecular formula is C18H25ClN6O2S. The number of benzene rings is 1. The van der Waals surface area contributed by atoms with E-state index in [1.807, 2.05) is 24.3 Å². The van der Waals surface area contributed by atoms with E-state index in [1.165, 1.54) is 10.6 Å². The van der Waals surface area contributed by atoms with Gasteiger partial charge in [0.1, 0.15) is 5.82 Å². The number of piperazine rings is 1. The summed E-state index contributed by atoms with van der Waals surface area (Å²) in [6.45, 7) is 4.21. The topological polar surface area (TPSA) is 104 Å². The third kappa shape index (κ3) is 5.54. The van der Waals surface area contributed by atoms with Gasteiger partial charge in [0.05, 0.1) is 6.26 Å². The summed E-state index contributed by atoms with van der Waals surface area (Å²) in [6, 6.07) is 7.52. The molecule has 1 aliphatic rings. The van der Waals surface area contributed by atoms with E-state index in [0.29, 0.717) is 23.9 Å². The van der Waals surface area contributed by atoms with E-state index in [9.17, 15) is 8.42 Å². The molecule has 1 saturated heterocycles. The second-order valence-corrected chi connectivity index (χ2v) is 9.20. The average molecular weight is 425 g/mol. The van der Waals surface area contributed by atoms with Gasteiger partial charge >= 0.3 is 0 Å². The van der Waals surface area contributed by atoms with Crippen molar-refractivity contribution in [1.29, 1.82) is 0 Å². The van der Waals surface area contributed by atoms with Crippen molar-refractivity contribution in [3.05, 3.63) is 35.5 Å². The van der Waals surface area contributed by atoms with Gasteiger partial charge in [-0.25, -0.2) is 13.4 Å². The van der Waals surface area contributed by atoms with Crippen molar-refractivity contribution in [1.82, 2.24) is 19.2 Å². The minimum absolute atomic E-state index is 0.213. The molecule has 0 aliphatic carbocycles. The number of hydrogen-bond acceptors (Lipinski definition) is 7. The molecule has 1 fully saturated rings. The lowest BCUT2D eigenvalue weighted by Crippen LogP contribution is -2.48. The first kappa shape index (κ1) is 20.8. The van der Waals surface area contributed by atoms with E-state index in [-0.39, 0.29) is 5.95 Å². The minimum atomic E-state index is -3.09. The second-order valence-electron chi connectivity index (χ2n) is 6.78. The predicted octanol–water partition coefficient (Wildman–Crippen LogP) is 1.76. The Morgan fingerprint density at radius 1 is 1.25 bits per heavy atom. The van der Waals surface area contributed by atoms with Crippen LogP contribution in [0.2, 0.25) is 5.02 Å². The smallest absolute Gasteiger partial charge is 0.221 e. The maximum atomic E-state index is 11.6. The predicted molar refractivity (Wildman–Crippen MR) is 113 cm³/mol. The summed E-state index contributed by atoms with van der Waals surface area (Å²) < 4.78 is 24.7. The fraction of sp³-hybridized carbons (Fsp3) is 0.444. The molecule has 1 aliphatic heterocycles. The Morgan fingerprint density at radius 2 is 2.00 bits per heavy atom. The van der Waals surface area contributed by atoms with Crippen LogP contribution in [0.25, 0.3) is 11.1 Å². The van der Waals surface area contributed by atoms with Gasteiger partial charge in [-0.2, -0.15) is 9.29 Å². The first-order valence-electron chi connectivity index (χ1n) is 9.13. The number of nitrogens with two attached hydrogens (primary N) is 1. The maximum Gasteiger partial charge on any atom is 0.221 e. The zero-order valence-corrected chi connectivity index (χ0v) is 17.4. The Balaban J connectivity index is 1.54. The van der Waals surface area contributed by atoms with Crippen molar-refractivity contribution < 1.29 is 8.42 Å². The van der Waals surface area contributed by atoms with E-state index >= 15 is 0 Å². The number of nitrogens with zero attached hydrogens (tertiary/aromatic N) is 4. The molecule has 152 valence electrons. The molecule has 0 spiro atoms. The first-order chi connectivity index (χ1) is 13.3. The van der Waals surface area contributed by atoms with Crippen LogP contribution in [-0.4, -0.2) is 73.1 Å². The fourth-order valence-electron chi connectivity index (χ4n) is 3.19. The van der Waals surface area contributed by atoms with Crippen LogP contribution >= 0.6 is 11.6 Å². The molecule has 0 unspecified atom stereocenters. The van der Waals surface area contributed by atoms with Crippen molar-refractivity contribution in [2.75, 3.05) is 56.6 Å². The van der Waals surface area contributed by atoms with Crippen LogP contribution in [0, 0.1) is 0 Å². The standard InChI is InChI=1S/C18H25ClN6O2S/c1-28(26,27)25-10-8-24(9-11-25)7-3-6-21-17-16(13-22-18(20)23-17)14-4-2-5-15(19)12-14/h2,4-5,12-13H,3,6-11H2,1H3,(H3,20,21,22,23). The SMILES string of the molecule is CS(=O)(=O)N1CCN(CCCNc2nc(N)ncc2-c2cccc(Cl)c2)CC1. The quantitative estimate of drug-likeness (QED) is 0.652. The fourth-order valence-corrected chi connectivity index (χ4v) is 4.21. The van der Waals surface area contributed by atoms with Gasteiger partial charge in [-0.3, -0.25) is 0 Å². The first-order valence-corrected chi connectivity index (χ1v) is 11.4. The van der Waals surface area contributed by atoms with Gasteiger partial charge in [0, 0.05) is 49.5 Å². The molecule has 2 aromatic rings. The number of hydrogen-bond donors (Lipinski definition) is 2. The van der Waals surface area contributed by atoms with Gasteiger partial charge in [0.15, 0.2) is 0 Å². The molecule has 0 atom stereocenters. The van der Waals surface area contributed by atoms with Crippen molar-refractivity contribution >= 4 is 33.4 Å². The number of halogens is 1. The van der Waals surface area contributed by atoms with Gasteiger partial charge in [-0.1, -0.05) is 23.7 Å². The zero-order chi connectivity index (χ0) is 20.1. The van der Waals surface area contributed by atoms with Crippen LogP contribution < -0.4 is 11.1 Å². The summed E-state index contributed by atoms with van der Waals surface area (Å²) in [5.41, 5.74) is 7.52. The monoisotopic (exact) mass is 424 g/mol. The number of nitrogen functional groups attached to an aromatic ring is 1. The molecule has 1 aromatic heterocycles. The van der Waals surface area contributed by atoms with Gasteiger partial charge in [-0.15, -0.1) is 0 Å². The van der Waals surface area contributed by atoms with Crippen LogP contribution in [0.15, 0.2) is 30.5 Å². The van der Waals surface area contributed by atoms with E-state index in [2.05, 4.69) is 20.2 Å². The molecule has 2 heterocycles. The summed E-state index contributed by atoms with van der Waals surface area (Å²) in [6.07, 6.45) is 3.86. The summed E-state index contributed by atoms with van der Waals surface area (Å²) in [7, 11) is -3.09. The van der Waals surface area contributed by atoms with Gasteiger partial charge < -0.3 is 16.0 Å². The van der Waals surface area contributed by atoms with Crippen molar-refractivity contribution in [3.8, 4) is 11.1 Å². The lowest BCUT2D eigenvalue weighted by Gasteiger charge is -2.33. The maximum absolute atomic E-state index is 11.6. The highest BCUT2D eigenvalue weighted by Crippen LogP contribution is 2.28. The van der Waals surface area contributed by atoms with Gasteiger partial charge in [0.2, 0.25) is 16.0 Å². The Labute approximate surface area is 170 Å². The molecule has 0 saturated carbocycles. The Morgan fingerprint density at radius 3 is 2.68 bits per heavy atom. The summed E-state index contributed by atoms with van der Waals surface area (Å²) in [5.74, 6) is 0.891. The average Bonchev–Trinajstić information content (AvgIpc) is 2.65. The Kier molecular flexibility index (Phi) is 6.71. The van der Waals surface area contributed by atoms with Crippen LogP contribution in [0.1, 0.15) is 6.42 Å². The van der Waals surface area contributed by atoms with E-state index in [1.54, 1.807) is 6.20 Å². The normalized spacial score (nSPS) is 16.2.